The maximum absolute atomic E-state index is 12.4. The van der Waals surface area contributed by atoms with Gasteiger partial charge < -0.3 is 9.47 Å². The van der Waals surface area contributed by atoms with Gasteiger partial charge in [-0.15, -0.1) is 0 Å². The number of carbonyl (C=O) groups is 1. The van der Waals surface area contributed by atoms with E-state index in [1.165, 1.54) is 6.42 Å². The van der Waals surface area contributed by atoms with Crippen molar-refractivity contribution in [3.05, 3.63) is 35.9 Å². The van der Waals surface area contributed by atoms with E-state index in [0.29, 0.717) is 17.8 Å². The van der Waals surface area contributed by atoms with E-state index in [2.05, 4.69) is 20.8 Å². The fraction of sp³-hybridized carbons (Fsp3) is 0.632. The van der Waals surface area contributed by atoms with Gasteiger partial charge in [-0.1, -0.05) is 57.5 Å². The molecular weight excluding hydrogens is 276 g/mol. The standard InChI is InChI=1S/C19H26O3/c1-12(2)15-10-9-13(3)11-16(15)21-19(20)18-17(22-18)14-7-5-4-6-8-14/h4-8,12-13,15-18H,9-11H2,1-3H3. The first-order valence-electron chi connectivity index (χ1n) is 8.47. The molecule has 22 heavy (non-hydrogen) atoms. The van der Waals surface area contributed by atoms with Crippen LogP contribution in [0.5, 0.6) is 0 Å². The van der Waals surface area contributed by atoms with Crippen LogP contribution >= 0.6 is 0 Å². The summed E-state index contributed by atoms with van der Waals surface area (Å²) in [4.78, 5) is 12.4. The average Bonchev–Trinajstić information content (AvgIpc) is 3.28. The predicted octanol–water partition coefficient (Wildman–Crippen LogP) is 4.13. The van der Waals surface area contributed by atoms with Gasteiger partial charge in [-0.25, -0.2) is 4.79 Å². The van der Waals surface area contributed by atoms with E-state index in [4.69, 9.17) is 9.47 Å². The first kappa shape index (κ1) is 15.5. The molecule has 0 spiro atoms. The Labute approximate surface area is 133 Å². The minimum absolute atomic E-state index is 0.0527. The normalized spacial score (nSPS) is 34.5. The van der Waals surface area contributed by atoms with Gasteiger partial charge in [-0.2, -0.15) is 0 Å². The number of carbonyl (C=O) groups excluding carboxylic acids is 1. The monoisotopic (exact) mass is 302 g/mol. The van der Waals surface area contributed by atoms with E-state index < -0.39 is 6.10 Å². The Morgan fingerprint density at radius 3 is 2.64 bits per heavy atom. The molecule has 2 fully saturated rings. The average molecular weight is 302 g/mol. The number of rotatable bonds is 4. The molecule has 0 bridgehead atoms. The summed E-state index contributed by atoms with van der Waals surface area (Å²) in [6, 6.07) is 9.90. The van der Waals surface area contributed by atoms with Crippen LogP contribution in [0.25, 0.3) is 0 Å². The molecule has 1 saturated heterocycles. The fourth-order valence-electron chi connectivity index (χ4n) is 3.65. The summed E-state index contributed by atoms with van der Waals surface area (Å²) >= 11 is 0. The summed E-state index contributed by atoms with van der Waals surface area (Å²) in [5.74, 6) is 1.49. The van der Waals surface area contributed by atoms with Gasteiger partial charge in [0.15, 0.2) is 6.10 Å². The Hall–Kier alpha value is -1.35. The van der Waals surface area contributed by atoms with Gasteiger partial charge in [0.25, 0.3) is 0 Å². The Balaban J connectivity index is 1.59. The van der Waals surface area contributed by atoms with Crippen LogP contribution in [0.15, 0.2) is 30.3 Å². The molecule has 1 heterocycles. The summed E-state index contributed by atoms with van der Waals surface area (Å²) in [6.07, 6.45) is 2.90. The van der Waals surface area contributed by atoms with Crippen molar-refractivity contribution in [3.8, 4) is 0 Å². The van der Waals surface area contributed by atoms with Crippen LogP contribution in [-0.2, 0) is 14.3 Å². The number of ether oxygens (including phenoxy) is 2. The van der Waals surface area contributed by atoms with Crippen LogP contribution in [0.4, 0.5) is 0 Å². The fourth-order valence-corrected chi connectivity index (χ4v) is 3.65. The third-order valence-electron chi connectivity index (χ3n) is 5.08. The van der Waals surface area contributed by atoms with Crippen LogP contribution in [0.1, 0.15) is 51.7 Å². The van der Waals surface area contributed by atoms with Crippen molar-refractivity contribution < 1.29 is 14.3 Å². The summed E-state index contributed by atoms with van der Waals surface area (Å²) in [5.41, 5.74) is 1.06. The Kier molecular flexibility index (Phi) is 4.53. The number of hydrogen-bond acceptors (Lipinski definition) is 3. The Morgan fingerprint density at radius 1 is 1.23 bits per heavy atom. The maximum Gasteiger partial charge on any atom is 0.338 e. The molecule has 0 amide bonds. The summed E-state index contributed by atoms with van der Waals surface area (Å²) in [7, 11) is 0. The molecule has 1 aliphatic heterocycles. The molecule has 1 aliphatic carbocycles. The zero-order chi connectivity index (χ0) is 15.7. The first-order valence-corrected chi connectivity index (χ1v) is 8.47. The Morgan fingerprint density at radius 2 is 1.95 bits per heavy atom. The minimum atomic E-state index is -0.410. The Bertz CT molecular complexity index is 511. The quantitative estimate of drug-likeness (QED) is 0.620. The number of hydrogen-bond donors (Lipinski definition) is 0. The summed E-state index contributed by atoms with van der Waals surface area (Å²) in [6.45, 7) is 6.70. The molecule has 0 radical (unpaired) electrons. The molecule has 2 aliphatic rings. The molecule has 3 nitrogen and oxygen atoms in total. The highest BCUT2D eigenvalue weighted by molar-refractivity contribution is 5.78. The van der Waals surface area contributed by atoms with Crippen molar-refractivity contribution in [2.45, 2.75) is 58.3 Å². The SMILES string of the molecule is CC1CCC(C(C)C)C(OC(=O)C2OC2c2ccccc2)C1. The van der Waals surface area contributed by atoms with Crippen molar-refractivity contribution in [3.63, 3.8) is 0 Å². The topological polar surface area (TPSA) is 38.8 Å². The van der Waals surface area contributed by atoms with Crippen molar-refractivity contribution in [2.75, 3.05) is 0 Å². The molecule has 5 unspecified atom stereocenters. The lowest BCUT2D eigenvalue weighted by Gasteiger charge is -2.36. The molecule has 3 rings (SSSR count). The molecule has 1 saturated carbocycles. The summed E-state index contributed by atoms with van der Waals surface area (Å²) in [5, 5.41) is 0. The molecule has 1 aromatic carbocycles. The zero-order valence-electron chi connectivity index (χ0n) is 13.7. The van der Waals surface area contributed by atoms with Crippen LogP contribution < -0.4 is 0 Å². The third kappa shape index (κ3) is 3.35. The highest BCUT2D eigenvalue weighted by Gasteiger charge is 2.48. The molecule has 3 heteroatoms. The minimum Gasteiger partial charge on any atom is -0.460 e. The predicted molar refractivity (Wildman–Crippen MR) is 85.3 cm³/mol. The number of esters is 1. The van der Waals surface area contributed by atoms with Crippen LogP contribution in [0, 0.1) is 17.8 Å². The zero-order valence-corrected chi connectivity index (χ0v) is 13.7. The van der Waals surface area contributed by atoms with E-state index >= 15 is 0 Å². The van der Waals surface area contributed by atoms with Crippen molar-refractivity contribution in [2.24, 2.45) is 17.8 Å². The first-order chi connectivity index (χ1) is 10.6. The van der Waals surface area contributed by atoms with E-state index in [9.17, 15) is 4.79 Å². The molecular formula is C19H26O3. The smallest absolute Gasteiger partial charge is 0.338 e. The number of epoxide rings is 1. The largest absolute Gasteiger partial charge is 0.460 e. The second-order valence-corrected chi connectivity index (χ2v) is 7.19. The van der Waals surface area contributed by atoms with E-state index in [1.54, 1.807) is 0 Å². The highest BCUT2D eigenvalue weighted by Crippen LogP contribution is 2.41. The maximum atomic E-state index is 12.4. The molecule has 5 atom stereocenters. The number of benzene rings is 1. The van der Waals surface area contributed by atoms with Gasteiger partial charge in [0.1, 0.15) is 12.2 Å². The lowest BCUT2D eigenvalue weighted by molar-refractivity contribution is -0.157. The molecule has 1 aromatic rings. The second kappa shape index (κ2) is 6.41. The lowest BCUT2D eigenvalue weighted by Crippen LogP contribution is -2.36. The second-order valence-electron chi connectivity index (χ2n) is 7.19. The van der Waals surface area contributed by atoms with Gasteiger partial charge in [-0.05, 0) is 36.2 Å². The summed E-state index contributed by atoms with van der Waals surface area (Å²) < 4.78 is 11.4. The van der Waals surface area contributed by atoms with Crippen molar-refractivity contribution in [1.82, 2.24) is 0 Å². The van der Waals surface area contributed by atoms with Gasteiger partial charge in [0.05, 0.1) is 0 Å². The van der Waals surface area contributed by atoms with Crippen LogP contribution in [0.2, 0.25) is 0 Å². The van der Waals surface area contributed by atoms with Gasteiger partial charge in [-0.3, -0.25) is 0 Å². The third-order valence-corrected chi connectivity index (χ3v) is 5.08. The highest BCUT2D eigenvalue weighted by atomic mass is 16.6. The van der Waals surface area contributed by atoms with Crippen molar-refractivity contribution >= 4 is 5.97 Å². The van der Waals surface area contributed by atoms with Crippen LogP contribution in [-0.4, -0.2) is 18.2 Å². The van der Waals surface area contributed by atoms with Crippen molar-refractivity contribution in [1.29, 1.82) is 0 Å². The van der Waals surface area contributed by atoms with Crippen LogP contribution in [0.3, 0.4) is 0 Å². The molecule has 0 N–H and O–H groups in total. The van der Waals surface area contributed by atoms with Gasteiger partial charge in [0, 0.05) is 0 Å². The van der Waals surface area contributed by atoms with Gasteiger partial charge in [0.2, 0.25) is 0 Å². The van der Waals surface area contributed by atoms with Gasteiger partial charge >= 0.3 is 5.97 Å². The van der Waals surface area contributed by atoms with E-state index in [1.807, 2.05) is 30.3 Å². The van der Waals surface area contributed by atoms with E-state index in [0.717, 1.165) is 18.4 Å². The lowest BCUT2D eigenvalue weighted by atomic mass is 9.75. The molecule has 0 aromatic heterocycles. The molecule has 120 valence electrons. The van der Waals surface area contributed by atoms with E-state index in [-0.39, 0.29) is 18.2 Å².